The van der Waals surface area contributed by atoms with Gasteiger partial charge < -0.3 is 5.32 Å². The van der Waals surface area contributed by atoms with E-state index in [1.165, 1.54) is 5.56 Å². The number of hydrogen-bond acceptors (Lipinski definition) is 1. The third kappa shape index (κ3) is 3.93. The second-order valence-corrected chi connectivity index (χ2v) is 6.07. The van der Waals surface area contributed by atoms with Gasteiger partial charge in [-0.25, -0.2) is 0 Å². The number of hydrogen-bond donors (Lipinski definition) is 1. The van der Waals surface area contributed by atoms with Crippen LogP contribution in [0.2, 0.25) is 0 Å². The molecule has 0 saturated carbocycles. The van der Waals surface area contributed by atoms with E-state index >= 15 is 0 Å². The highest BCUT2D eigenvalue weighted by Crippen LogP contribution is 2.16. The summed E-state index contributed by atoms with van der Waals surface area (Å²) < 4.78 is 0.983. The van der Waals surface area contributed by atoms with Gasteiger partial charge in [0.25, 0.3) is 5.91 Å². The molecular weight excluding hydrogens is 382 g/mol. The Kier molecular flexibility index (Phi) is 5.38. The van der Waals surface area contributed by atoms with Crippen molar-refractivity contribution in [2.75, 3.05) is 0 Å². The Morgan fingerprint density at radius 1 is 1.10 bits per heavy atom. The van der Waals surface area contributed by atoms with Crippen molar-refractivity contribution in [2.24, 2.45) is 0 Å². The van der Waals surface area contributed by atoms with Gasteiger partial charge >= 0.3 is 0 Å². The van der Waals surface area contributed by atoms with Gasteiger partial charge in [0.15, 0.2) is 0 Å². The first-order chi connectivity index (χ1) is 9.60. The first-order valence-electron chi connectivity index (χ1n) is 6.28. The number of carbonyl (C=O) groups is 1. The highest BCUT2D eigenvalue weighted by atomic mass is 79.9. The molecule has 0 heterocycles. The van der Waals surface area contributed by atoms with Crippen molar-refractivity contribution in [2.45, 2.75) is 18.8 Å². The third-order valence-corrected chi connectivity index (χ3v) is 4.20. The topological polar surface area (TPSA) is 29.1 Å². The Balaban J connectivity index is 2.00. The smallest absolute Gasteiger partial charge is 0.251 e. The molecule has 2 rings (SSSR count). The number of rotatable bonds is 4. The highest BCUT2D eigenvalue weighted by Gasteiger charge is 2.08. The number of alkyl halides is 1. The van der Waals surface area contributed by atoms with Crippen molar-refractivity contribution in [1.29, 1.82) is 0 Å². The molecule has 1 amide bonds. The fourth-order valence-corrected chi connectivity index (χ4v) is 2.75. The maximum Gasteiger partial charge on any atom is 0.251 e. The Morgan fingerprint density at radius 3 is 2.35 bits per heavy atom. The second-order valence-electron chi connectivity index (χ2n) is 4.59. The van der Waals surface area contributed by atoms with Gasteiger partial charge in [-0.2, -0.15) is 0 Å². The highest BCUT2D eigenvalue weighted by molar-refractivity contribution is 9.10. The van der Waals surface area contributed by atoms with Crippen molar-refractivity contribution in [3.8, 4) is 0 Å². The molecule has 2 aromatic rings. The van der Waals surface area contributed by atoms with E-state index in [0.29, 0.717) is 12.1 Å². The molecule has 2 aromatic carbocycles. The van der Waals surface area contributed by atoms with Gasteiger partial charge in [0.2, 0.25) is 0 Å². The quantitative estimate of drug-likeness (QED) is 0.752. The fraction of sp³-hybridized carbons (Fsp3) is 0.188. The van der Waals surface area contributed by atoms with Crippen LogP contribution in [0.1, 0.15) is 27.0 Å². The predicted molar refractivity (Wildman–Crippen MR) is 89.1 cm³/mol. The minimum Gasteiger partial charge on any atom is -0.348 e. The van der Waals surface area contributed by atoms with Gasteiger partial charge in [-0.3, -0.25) is 4.79 Å². The van der Waals surface area contributed by atoms with Gasteiger partial charge in [0.1, 0.15) is 0 Å². The van der Waals surface area contributed by atoms with Crippen LogP contribution in [0.5, 0.6) is 0 Å². The van der Waals surface area contributed by atoms with Gasteiger partial charge in [0.05, 0.1) is 0 Å². The Bertz CT molecular complexity index is 608. The SMILES string of the molecule is Cc1cc(Br)ccc1C(=O)NCc1ccc(CBr)cc1. The van der Waals surface area contributed by atoms with E-state index in [4.69, 9.17) is 0 Å². The van der Waals surface area contributed by atoms with E-state index in [0.717, 1.165) is 20.9 Å². The van der Waals surface area contributed by atoms with E-state index in [1.807, 2.05) is 37.3 Å². The molecule has 0 aliphatic heterocycles. The first kappa shape index (κ1) is 15.3. The summed E-state index contributed by atoms with van der Waals surface area (Å²) in [4.78, 5) is 12.1. The van der Waals surface area contributed by atoms with Crippen LogP contribution in [0, 0.1) is 6.92 Å². The lowest BCUT2D eigenvalue weighted by Crippen LogP contribution is -2.23. The Labute approximate surface area is 135 Å². The van der Waals surface area contributed by atoms with E-state index < -0.39 is 0 Å². The molecule has 0 radical (unpaired) electrons. The summed E-state index contributed by atoms with van der Waals surface area (Å²) in [5.41, 5.74) is 4.00. The number of carbonyl (C=O) groups excluding carboxylic acids is 1. The van der Waals surface area contributed by atoms with Gasteiger partial charge in [-0.1, -0.05) is 56.1 Å². The standard InChI is InChI=1S/C16H15Br2NO/c1-11-8-14(18)6-7-15(11)16(20)19-10-13-4-2-12(9-17)3-5-13/h2-8H,9-10H2,1H3,(H,19,20). The van der Waals surface area contributed by atoms with Crippen molar-refractivity contribution in [1.82, 2.24) is 5.32 Å². The predicted octanol–water partition coefficient (Wildman–Crippen LogP) is 4.58. The number of halogens is 2. The third-order valence-electron chi connectivity index (χ3n) is 3.06. The number of amides is 1. The summed E-state index contributed by atoms with van der Waals surface area (Å²) >= 11 is 6.81. The molecule has 2 nitrogen and oxygen atoms in total. The molecular formula is C16H15Br2NO. The van der Waals surface area contributed by atoms with Crippen molar-refractivity contribution in [3.05, 3.63) is 69.2 Å². The first-order valence-corrected chi connectivity index (χ1v) is 8.19. The lowest BCUT2D eigenvalue weighted by Gasteiger charge is -2.08. The van der Waals surface area contributed by atoms with E-state index in [-0.39, 0.29) is 5.91 Å². The molecule has 104 valence electrons. The van der Waals surface area contributed by atoms with E-state index in [1.54, 1.807) is 0 Å². The summed E-state index contributed by atoms with van der Waals surface area (Å²) in [5.74, 6) is -0.0421. The summed E-state index contributed by atoms with van der Waals surface area (Å²) in [7, 11) is 0. The summed E-state index contributed by atoms with van der Waals surface area (Å²) in [6, 6.07) is 13.8. The summed E-state index contributed by atoms with van der Waals surface area (Å²) in [5, 5.41) is 3.79. The Morgan fingerprint density at radius 2 is 1.75 bits per heavy atom. The molecule has 0 aliphatic carbocycles. The van der Waals surface area contributed by atoms with Gasteiger partial charge in [-0.05, 0) is 41.8 Å². The molecule has 1 N–H and O–H groups in total. The summed E-state index contributed by atoms with van der Waals surface area (Å²) in [6.45, 7) is 2.47. The molecule has 0 spiro atoms. The summed E-state index contributed by atoms with van der Waals surface area (Å²) in [6.07, 6.45) is 0. The Hall–Kier alpha value is -1.13. The zero-order chi connectivity index (χ0) is 14.5. The molecule has 0 fully saturated rings. The van der Waals surface area contributed by atoms with E-state index in [9.17, 15) is 4.79 Å². The monoisotopic (exact) mass is 395 g/mol. The average Bonchev–Trinajstić information content (AvgIpc) is 2.45. The second kappa shape index (κ2) is 7.04. The lowest BCUT2D eigenvalue weighted by molar-refractivity contribution is 0.0950. The molecule has 4 heteroatoms. The average molecular weight is 397 g/mol. The van der Waals surface area contributed by atoms with Crippen molar-refractivity contribution < 1.29 is 4.79 Å². The molecule has 0 atom stereocenters. The molecule has 0 aromatic heterocycles. The zero-order valence-corrected chi connectivity index (χ0v) is 14.3. The van der Waals surface area contributed by atoms with Crippen LogP contribution >= 0.6 is 31.9 Å². The number of aryl methyl sites for hydroxylation is 1. The zero-order valence-electron chi connectivity index (χ0n) is 11.1. The van der Waals surface area contributed by atoms with Crippen LogP contribution in [0.3, 0.4) is 0 Å². The maximum atomic E-state index is 12.1. The maximum absolute atomic E-state index is 12.1. The minimum atomic E-state index is -0.0421. The van der Waals surface area contributed by atoms with Crippen LogP contribution in [-0.4, -0.2) is 5.91 Å². The van der Waals surface area contributed by atoms with Crippen LogP contribution < -0.4 is 5.32 Å². The van der Waals surface area contributed by atoms with Crippen molar-refractivity contribution >= 4 is 37.8 Å². The van der Waals surface area contributed by atoms with Crippen LogP contribution in [0.4, 0.5) is 0 Å². The molecule has 0 unspecified atom stereocenters. The van der Waals surface area contributed by atoms with Crippen molar-refractivity contribution in [3.63, 3.8) is 0 Å². The van der Waals surface area contributed by atoms with Gasteiger partial charge in [0, 0.05) is 21.9 Å². The minimum absolute atomic E-state index is 0.0421. The molecule has 0 saturated heterocycles. The van der Waals surface area contributed by atoms with Crippen LogP contribution in [0.25, 0.3) is 0 Å². The molecule has 0 bridgehead atoms. The number of nitrogens with one attached hydrogen (secondary N) is 1. The normalized spacial score (nSPS) is 10.3. The molecule has 20 heavy (non-hydrogen) atoms. The van der Waals surface area contributed by atoms with Gasteiger partial charge in [-0.15, -0.1) is 0 Å². The lowest BCUT2D eigenvalue weighted by atomic mass is 10.1. The largest absolute Gasteiger partial charge is 0.348 e. The number of benzene rings is 2. The molecule has 0 aliphatic rings. The van der Waals surface area contributed by atoms with E-state index in [2.05, 4.69) is 49.3 Å². The van der Waals surface area contributed by atoms with Crippen LogP contribution in [-0.2, 0) is 11.9 Å². The fourth-order valence-electron chi connectivity index (χ4n) is 1.91. The van der Waals surface area contributed by atoms with Crippen LogP contribution in [0.15, 0.2) is 46.9 Å².